The highest BCUT2D eigenvalue weighted by atomic mass is 32.1. The Morgan fingerprint density at radius 1 is 1.28 bits per heavy atom. The molecular weight excluding hydrogens is 420 g/mol. The van der Waals surface area contributed by atoms with Gasteiger partial charge in [0.15, 0.2) is 5.69 Å². The Morgan fingerprint density at radius 3 is 2.72 bits per heavy atom. The maximum absolute atomic E-state index is 14.0. The van der Waals surface area contributed by atoms with E-state index in [9.17, 15) is 13.6 Å². The van der Waals surface area contributed by atoms with Crippen LogP contribution >= 0.6 is 22.9 Å². The number of nitrogens with zero attached hydrogens (tertiary/aromatic N) is 2. The number of benzene rings is 1. The summed E-state index contributed by atoms with van der Waals surface area (Å²) in [4.78, 5) is 16.7. The average molecular weight is 437 g/mol. The van der Waals surface area contributed by atoms with Crippen LogP contribution in [0.15, 0.2) is 24.4 Å². The second kappa shape index (κ2) is 8.39. The zero-order valence-electron chi connectivity index (χ0n) is 15.1. The Kier molecular flexibility index (Phi) is 5.69. The molecule has 0 spiro atoms. The number of rotatable bonds is 5. The summed E-state index contributed by atoms with van der Waals surface area (Å²) in [6.45, 7) is 1.74. The van der Waals surface area contributed by atoms with Crippen LogP contribution in [0, 0.1) is 11.6 Å². The van der Waals surface area contributed by atoms with Gasteiger partial charge in [-0.05, 0) is 38.1 Å². The molecule has 1 aliphatic rings. The summed E-state index contributed by atoms with van der Waals surface area (Å²) >= 11 is 1.98. The number of amides is 1. The monoisotopic (exact) mass is 437 g/mol. The van der Waals surface area contributed by atoms with E-state index >= 15 is 0 Å². The minimum absolute atomic E-state index is 0.00197. The lowest BCUT2D eigenvalue weighted by Gasteiger charge is -2.23. The van der Waals surface area contributed by atoms with Crippen LogP contribution in [0.3, 0.4) is 0 Å². The van der Waals surface area contributed by atoms with Gasteiger partial charge >= 0.3 is 0 Å². The minimum Gasteiger partial charge on any atom is -0.478 e. The Bertz CT molecular complexity index is 1010. The van der Waals surface area contributed by atoms with Gasteiger partial charge in [0, 0.05) is 11.5 Å². The number of piperidine rings is 1. The molecule has 0 atom stereocenters. The summed E-state index contributed by atoms with van der Waals surface area (Å²) in [6, 6.07) is 3.50. The fourth-order valence-corrected chi connectivity index (χ4v) is 4.46. The quantitative estimate of drug-likeness (QED) is 0.565. The molecule has 7 nitrogen and oxygen atoms in total. The summed E-state index contributed by atoms with van der Waals surface area (Å²) in [6.07, 6.45) is 3.26. The molecule has 4 rings (SSSR count). The van der Waals surface area contributed by atoms with E-state index in [-0.39, 0.29) is 27.4 Å². The molecule has 152 valence electrons. The van der Waals surface area contributed by atoms with Gasteiger partial charge in [-0.25, -0.2) is 13.8 Å². The number of anilines is 2. The normalized spacial score (nSPS) is 14.7. The highest BCUT2D eigenvalue weighted by Crippen LogP contribution is 2.35. The van der Waals surface area contributed by atoms with E-state index in [1.165, 1.54) is 12.3 Å². The maximum Gasteiger partial charge on any atom is 0.277 e. The van der Waals surface area contributed by atoms with E-state index in [1.807, 2.05) is 0 Å². The third-order valence-electron chi connectivity index (χ3n) is 4.39. The van der Waals surface area contributed by atoms with Crippen molar-refractivity contribution in [2.24, 2.45) is 0 Å². The van der Waals surface area contributed by atoms with E-state index in [1.54, 1.807) is 0 Å². The number of hydrogen-bond acceptors (Lipinski definition) is 8. The van der Waals surface area contributed by atoms with Crippen molar-refractivity contribution in [2.75, 3.05) is 24.1 Å². The standard InChI is InChI=1S/C18H17F2N5O2S2/c19-10-2-1-3-11(20)13(10)17-25-14(15(21)28-17)16(26)24-12-8-23-29-18(12)27-9-4-6-22-7-5-9/h1-3,8-9,22H,4-7,21H2,(H,24,26). The van der Waals surface area contributed by atoms with Crippen molar-refractivity contribution in [1.29, 1.82) is 0 Å². The van der Waals surface area contributed by atoms with Gasteiger partial charge in [-0.3, -0.25) is 4.79 Å². The van der Waals surface area contributed by atoms with E-state index in [0.29, 0.717) is 10.8 Å². The maximum atomic E-state index is 14.0. The third kappa shape index (κ3) is 4.21. The van der Waals surface area contributed by atoms with Gasteiger partial charge in [0.05, 0.1) is 11.8 Å². The van der Waals surface area contributed by atoms with Crippen molar-refractivity contribution in [1.82, 2.24) is 14.7 Å². The van der Waals surface area contributed by atoms with Crippen molar-refractivity contribution in [3.63, 3.8) is 0 Å². The number of aromatic nitrogens is 2. The molecule has 11 heteroatoms. The fourth-order valence-electron chi connectivity index (χ4n) is 2.95. The summed E-state index contributed by atoms with van der Waals surface area (Å²) < 4.78 is 38.1. The molecule has 1 fully saturated rings. The molecule has 0 saturated carbocycles. The number of carbonyl (C=O) groups is 1. The van der Waals surface area contributed by atoms with Crippen LogP contribution in [0.5, 0.6) is 5.06 Å². The van der Waals surface area contributed by atoms with Crippen LogP contribution in [0.4, 0.5) is 19.5 Å². The number of hydrogen-bond donors (Lipinski definition) is 3. The SMILES string of the molecule is Nc1sc(-c2c(F)cccc2F)nc1C(=O)Nc1cnsc1OC1CCNCC1. The van der Waals surface area contributed by atoms with Gasteiger partial charge in [-0.15, -0.1) is 0 Å². The van der Waals surface area contributed by atoms with Gasteiger partial charge < -0.3 is 21.1 Å². The first-order chi connectivity index (χ1) is 14.0. The van der Waals surface area contributed by atoms with E-state index in [0.717, 1.165) is 60.9 Å². The summed E-state index contributed by atoms with van der Waals surface area (Å²) in [5, 5.41) is 6.49. The molecule has 0 radical (unpaired) electrons. The molecule has 29 heavy (non-hydrogen) atoms. The first-order valence-electron chi connectivity index (χ1n) is 8.87. The van der Waals surface area contributed by atoms with Crippen molar-refractivity contribution >= 4 is 39.5 Å². The minimum atomic E-state index is -0.773. The first kappa shape index (κ1) is 19.7. The molecule has 4 N–H and O–H groups in total. The number of nitrogen functional groups attached to an aromatic ring is 1. The number of thiazole rings is 1. The largest absolute Gasteiger partial charge is 0.478 e. The number of halogens is 2. The second-order valence-electron chi connectivity index (χ2n) is 6.38. The predicted octanol–water partition coefficient (Wildman–Crippen LogP) is 3.51. The molecule has 1 aromatic carbocycles. The number of nitrogens with one attached hydrogen (secondary N) is 2. The van der Waals surface area contributed by atoms with Gasteiger partial charge in [-0.2, -0.15) is 4.37 Å². The molecular formula is C18H17F2N5O2S2. The summed E-state index contributed by atoms with van der Waals surface area (Å²) in [7, 11) is 0. The smallest absolute Gasteiger partial charge is 0.277 e. The molecule has 3 aromatic rings. The summed E-state index contributed by atoms with van der Waals surface area (Å²) in [5.74, 6) is -2.15. The van der Waals surface area contributed by atoms with Gasteiger partial charge in [0.1, 0.15) is 33.4 Å². The Morgan fingerprint density at radius 2 is 2.00 bits per heavy atom. The van der Waals surface area contributed by atoms with Crippen molar-refractivity contribution < 1.29 is 18.3 Å². The van der Waals surface area contributed by atoms with Gasteiger partial charge in [0.25, 0.3) is 5.91 Å². The highest BCUT2D eigenvalue weighted by molar-refractivity contribution is 7.19. The average Bonchev–Trinajstić information content (AvgIpc) is 3.29. The van der Waals surface area contributed by atoms with Crippen LogP contribution in [0.1, 0.15) is 23.3 Å². The summed E-state index contributed by atoms with van der Waals surface area (Å²) in [5.41, 5.74) is 5.89. The molecule has 0 bridgehead atoms. The Hall–Kier alpha value is -2.63. The fraction of sp³-hybridized carbons (Fsp3) is 0.278. The molecule has 1 amide bonds. The lowest BCUT2D eigenvalue weighted by Crippen LogP contribution is -2.34. The van der Waals surface area contributed by atoms with Gasteiger partial charge in [-0.1, -0.05) is 17.4 Å². The lowest BCUT2D eigenvalue weighted by atomic mass is 10.1. The topological polar surface area (TPSA) is 102 Å². The van der Waals surface area contributed by atoms with Crippen LogP contribution in [-0.4, -0.2) is 34.5 Å². The number of ether oxygens (including phenoxy) is 1. The van der Waals surface area contributed by atoms with Crippen LogP contribution in [-0.2, 0) is 0 Å². The first-order valence-corrected chi connectivity index (χ1v) is 10.5. The van der Waals surface area contributed by atoms with Crippen LogP contribution in [0.25, 0.3) is 10.6 Å². The zero-order valence-corrected chi connectivity index (χ0v) is 16.7. The Balaban J connectivity index is 1.53. The molecule has 0 unspecified atom stereocenters. The van der Waals surface area contributed by atoms with Crippen molar-refractivity contribution in [3.05, 3.63) is 41.7 Å². The molecule has 2 aromatic heterocycles. The molecule has 1 saturated heterocycles. The van der Waals surface area contributed by atoms with E-state index < -0.39 is 17.5 Å². The van der Waals surface area contributed by atoms with E-state index in [4.69, 9.17) is 10.5 Å². The van der Waals surface area contributed by atoms with Crippen LogP contribution < -0.4 is 21.1 Å². The third-order valence-corrected chi connectivity index (χ3v) is 5.99. The zero-order chi connectivity index (χ0) is 20.4. The van der Waals surface area contributed by atoms with Crippen LogP contribution in [0.2, 0.25) is 0 Å². The van der Waals surface area contributed by atoms with Crippen molar-refractivity contribution in [3.8, 4) is 15.6 Å². The van der Waals surface area contributed by atoms with E-state index in [2.05, 4.69) is 20.0 Å². The highest BCUT2D eigenvalue weighted by Gasteiger charge is 2.23. The Labute approximate surface area is 173 Å². The molecule has 0 aliphatic carbocycles. The molecule has 1 aliphatic heterocycles. The second-order valence-corrected chi connectivity index (χ2v) is 8.17. The van der Waals surface area contributed by atoms with Crippen molar-refractivity contribution in [2.45, 2.75) is 18.9 Å². The number of nitrogens with two attached hydrogens (primary N) is 1. The molecule has 3 heterocycles. The van der Waals surface area contributed by atoms with Gasteiger partial charge in [0.2, 0.25) is 5.06 Å². The predicted molar refractivity (Wildman–Crippen MR) is 108 cm³/mol. The number of carbonyl (C=O) groups excluding carboxylic acids is 1. The lowest BCUT2D eigenvalue weighted by molar-refractivity contribution is 0.102.